The number of anilines is 1. The van der Waals surface area contributed by atoms with Gasteiger partial charge in [0.15, 0.2) is 5.65 Å². The molecule has 0 aliphatic rings. The lowest BCUT2D eigenvalue weighted by molar-refractivity contribution is 0.926. The first kappa shape index (κ1) is 11.8. The predicted molar refractivity (Wildman–Crippen MR) is 76.6 cm³/mol. The molecule has 0 fully saturated rings. The SMILES string of the molecule is Cc1cc(C)c2cc3c(N)nc(CN)nc3nc2c1. The minimum Gasteiger partial charge on any atom is -0.383 e. The van der Waals surface area contributed by atoms with Crippen LogP contribution in [0.1, 0.15) is 17.0 Å². The van der Waals surface area contributed by atoms with E-state index in [1.807, 2.05) is 12.1 Å². The van der Waals surface area contributed by atoms with Crippen LogP contribution in [0, 0.1) is 13.8 Å². The molecule has 3 aromatic rings. The number of nitrogen functional groups attached to an aromatic ring is 1. The Morgan fingerprint density at radius 2 is 1.79 bits per heavy atom. The zero-order chi connectivity index (χ0) is 13.6. The highest BCUT2D eigenvalue weighted by Gasteiger charge is 2.09. The van der Waals surface area contributed by atoms with Crippen LogP contribution < -0.4 is 11.5 Å². The average Bonchev–Trinajstić information content (AvgIpc) is 2.36. The van der Waals surface area contributed by atoms with Crippen molar-refractivity contribution in [3.63, 3.8) is 0 Å². The van der Waals surface area contributed by atoms with Crippen LogP contribution in [0.3, 0.4) is 0 Å². The Morgan fingerprint density at radius 1 is 1.00 bits per heavy atom. The van der Waals surface area contributed by atoms with Gasteiger partial charge in [-0.2, -0.15) is 0 Å². The van der Waals surface area contributed by atoms with Crippen molar-refractivity contribution in [2.24, 2.45) is 5.73 Å². The monoisotopic (exact) mass is 253 g/mol. The molecule has 5 heteroatoms. The number of aromatic nitrogens is 3. The van der Waals surface area contributed by atoms with Gasteiger partial charge in [0.05, 0.1) is 17.4 Å². The van der Waals surface area contributed by atoms with Crippen molar-refractivity contribution in [3.8, 4) is 0 Å². The molecule has 0 aliphatic carbocycles. The molecular weight excluding hydrogens is 238 g/mol. The summed E-state index contributed by atoms with van der Waals surface area (Å²) >= 11 is 0. The van der Waals surface area contributed by atoms with Gasteiger partial charge in [-0.1, -0.05) is 6.07 Å². The second-order valence-corrected chi connectivity index (χ2v) is 4.74. The number of hydrogen-bond acceptors (Lipinski definition) is 5. The van der Waals surface area contributed by atoms with Crippen LogP contribution in [0.15, 0.2) is 18.2 Å². The molecule has 0 saturated carbocycles. The zero-order valence-electron chi connectivity index (χ0n) is 10.9. The van der Waals surface area contributed by atoms with Gasteiger partial charge >= 0.3 is 0 Å². The highest BCUT2D eigenvalue weighted by atomic mass is 15.0. The number of aryl methyl sites for hydroxylation is 2. The maximum absolute atomic E-state index is 5.96. The molecule has 1 aromatic carbocycles. The summed E-state index contributed by atoms with van der Waals surface area (Å²) in [6, 6.07) is 6.17. The third kappa shape index (κ3) is 1.88. The van der Waals surface area contributed by atoms with E-state index in [4.69, 9.17) is 11.5 Å². The van der Waals surface area contributed by atoms with E-state index in [2.05, 4.69) is 34.9 Å². The number of nitrogens with two attached hydrogens (primary N) is 2. The molecular formula is C14H15N5. The third-order valence-electron chi connectivity index (χ3n) is 3.21. The largest absolute Gasteiger partial charge is 0.383 e. The van der Waals surface area contributed by atoms with Gasteiger partial charge in [-0.25, -0.2) is 15.0 Å². The Morgan fingerprint density at radius 3 is 2.53 bits per heavy atom. The van der Waals surface area contributed by atoms with Crippen LogP contribution >= 0.6 is 0 Å². The van der Waals surface area contributed by atoms with Gasteiger partial charge in [0, 0.05) is 5.39 Å². The molecule has 96 valence electrons. The summed E-state index contributed by atoms with van der Waals surface area (Å²) in [6.07, 6.45) is 0. The topological polar surface area (TPSA) is 90.7 Å². The second kappa shape index (κ2) is 4.13. The number of nitrogens with zero attached hydrogens (tertiary/aromatic N) is 3. The minimum atomic E-state index is 0.257. The van der Waals surface area contributed by atoms with Gasteiger partial charge in [0.25, 0.3) is 0 Å². The van der Waals surface area contributed by atoms with Crippen molar-refractivity contribution in [3.05, 3.63) is 35.2 Å². The van der Waals surface area contributed by atoms with Gasteiger partial charge in [-0.05, 0) is 37.1 Å². The van der Waals surface area contributed by atoms with E-state index in [9.17, 15) is 0 Å². The molecule has 0 bridgehead atoms. The molecule has 5 nitrogen and oxygen atoms in total. The first-order valence-corrected chi connectivity index (χ1v) is 6.12. The summed E-state index contributed by atoms with van der Waals surface area (Å²) in [4.78, 5) is 13.1. The smallest absolute Gasteiger partial charge is 0.165 e. The van der Waals surface area contributed by atoms with Gasteiger partial charge in [-0.3, -0.25) is 0 Å². The normalized spacial score (nSPS) is 11.3. The lowest BCUT2D eigenvalue weighted by Crippen LogP contribution is -2.06. The van der Waals surface area contributed by atoms with E-state index in [0.29, 0.717) is 17.3 Å². The standard InChI is InChI=1S/C14H15N5/c1-7-3-8(2)9-5-10-13(16)18-12(6-15)19-14(10)17-11(9)4-7/h3-5H,6,15H2,1-2H3,(H2,16,17,18,19). The number of rotatable bonds is 1. The number of hydrogen-bond donors (Lipinski definition) is 2. The zero-order valence-corrected chi connectivity index (χ0v) is 10.9. The van der Waals surface area contributed by atoms with Crippen LogP contribution in [-0.2, 0) is 6.54 Å². The van der Waals surface area contributed by atoms with Crippen molar-refractivity contribution in [1.82, 2.24) is 15.0 Å². The van der Waals surface area contributed by atoms with E-state index < -0.39 is 0 Å². The lowest BCUT2D eigenvalue weighted by Gasteiger charge is -2.08. The van der Waals surface area contributed by atoms with Crippen LogP contribution in [0.5, 0.6) is 0 Å². The van der Waals surface area contributed by atoms with E-state index in [1.54, 1.807) is 0 Å². The van der Waals surface area contributed by atoms with Crippen molar-refractivity contribution in [2.75, 3.05) is 5.73 Å². The molecule has 0 spiro atoms. The van der Waals surface area contributed by atoms with E-state index in [1.165, 1.54) is 11.1 Å². The molecule has 3 rings (SSSR count). The fourth-order valence-electron chi connectivity index (χ4n) is 2.33. The fourth-order valence-corrected chi connectivity index (χ4v) is 2.33. The fraction of sp³-hybridized carbons (Fsp3) is 0.214. The molecule has 0 unspecified atom stereocenters. The molecule has 0 saturated heterocycles. The van der Waals surface area contributed by atoms with Crippen LogP contribution in [0.25, 0.3) is 21.9 Å². The van der Waals surface area contributed by atoms with E-state index in [-0.39, 0.29) is 6.54 Å². The van der Waals surface area contributed by atoms with Crippen LogP contribution in [0.2, 0.25) is 0 Å². The maximum Gasteiger partial charge on any atom is 0.165 e. The van der Waals surface area contributed by atoms with Crippen molar-refractivity contribution in [2.45, 2.75) is 20.4 Å². The molecule has 4 N–H and O–H groups in total. The first-order chi connectivity index (χ1) is 9.08. The van der Waals surface area contributed by atoms with Crippen LogP contribution in [0.4, 0.5) is 5.82 Å². The summed E-state index contributed by atoms with van der Waals surface area (Å²) in [5.74, 6) is 0.945. The summed E-state index contributed by atoms with van der Waals surface area (Å²) in [5.41, 5.74) is 15.4. The average molecular weight is 253 g/mol. The molecule has 0 atom stereocenters. The highest BCUT2D eigenvalue weighted by molar-refractivity contribution is 5.97. The van der Waals surface area contributed by atoms with Crippen molar-refractivity contribution < 1.29 is 0 Å². The van der Waals surface area contributed by atoms with Gasteiger partial charge < -0.3 is 11.5 Å². The molecule has 0 aliphatic heterocycles. The third-order valence-corrected chi connectivity index (χ3v) is 3.21. The van der Waals surface area contributed by atoms with Crippen LogP contribution in [-0.4, -0.2) is 15.0 Å². The maximum atomic E-state index is 5.96. The highest BCUT2D eigenvalue weighted by Crippen LogP contribution is 2.25. The lowest BCUT2D eigenvalue weighted by atomic mass is 10.1. The Bertz CT molecular complexity index is 795. The summed E-state index contributed by atoms with van der Waals surface area (Å²) in [6.45, 7) is 4.37. The Kier molecular flexibility index (Phi) is 2.57. The molecule has 19 heavy (non-hydrogen) atoms. The van der Waals surface area contributed by atoms with E-state index >= 15 is 0 Å². The van der Waals surface area contributed by atoms with E-state index in [0.717, 1.165) is 16.3 Å². The quantitative estimate of drug-likeness (QED) is 0.646. The molecule has 0 radical (unpaired) electrons. The van der Waals surface area contributed by atoms with Crippen molar-refractivity contribution >= 4 is 27.8 Å². The number of pyridine rings is 1. The summed E-state index contributed by atoms with van der Waals surface area (Å²) < 4.78 is 0. The summed E-state index contributed by atoms with van der Waals surface area (Å²) in [5, 5.41) is 1.85. The second-order valence-electron chi connectivity index (χ2n) is 4.74. The molecule has 2 heterocycles. The Hall–Kier alpha value is -2.27. The number of benzene rings is 1. The first-order valence-electron chi connectivity index (χ1n) is 6.12. The molecule has 2 aromatic heterocycles. The van der Waals surface area contributed by atoms with Gasteiger partial charge in [0.1, 0.15) is 11.6 Å². The Balaban J connectivity index is 2.45. The van der Waals surface area contributed by atoms with Crippen molar-refractivity contribution in [1.29, 1.82) is 0 Å². The van der Waals surface area contributed by atoms with Gasteiger partial charge in [0.2, 0.25) is 0 Å². The van der Waals surface area contributed by atoms with Gasteiger partial charge in [-0.15, -0.1) is 0 Å². The summed E-state index contributed by atoms with van der Waals surface area (Å²) in [7, 11) is 0. The minimum absolute atomic E-state index is 0.257. The number of fused-ring (bicyclic) bond motifs is 2. The molecule has 0 amide bonds. The Labute approximate surface area is 110 Å². The predicted octanol–water partition coefficient (Wildman–Crippen LogP) is 1.84.